The zero-order valence-corrected chi connectivity index (χ0v) is 12.2. The van der Waals surface area contributed by atoms with Gasteiger partial charge in [0.2, 0.25) is 0 Å². The number of carboxylic acids is 1. The van der Waals surface area contributed by atoms with E-state index in [9.17, 15) is 9.90 Å². The van der Waals surface area contributed by atoms with Gasteiger partial charge in [-0.25, -0.2) is 4.79 Å². The summed E-state index contributed by atoms with van der Waals surface area (Å²) in [7, 11) is 1.62. The van der Waals surface area contributed by atoms with E-state index >= 15 is 0 Å². The van der Waals surface area contributed by atoms with Crippen LogP contribution in [0.15, 0.2) is 28.8 Å². The Morgan fingerprint density at radius 1 is 1.43 bits per heavy atom. The third-order valence-corrected chi connectivity index (χ3v) is 3.27. The van der Waals surface area contributed by atoms with Crippen LogP contribution in [0.5, 0.6) is 5.75 Å². The lowest BCUT2D eigenvalue weighted by Crippen LogP contribution is -2.19. The maximum absolute atomic E-state index is 11.2. The van der Waals surface area contributed by atoms with Crippen molar-refractivity contribution in [1.82, 2.24) is 10.5 Å². The highest BCUT2D eigenvalue weighted by molar-refractivity contribution is 5.90. The first kappa shape index (κ1) is 15.1. The van der Waals surface area contributed by atoms with Crippen LogP contribution in [0, 0.1) is 6.92 Å². The third-order valence-electron chi connectivity index (χ3n) is 3.27. The summed E-state index contributed by atoms with van der Waals surface area (Å²) in [4.78, 5) is 11.2. The number of rotatable bonds is 6. The number of nitrogens with zero attached hydrogens (tertiary/aromatic N) is 1. The Balaban J connectivity index is 2.04. The lowest BCUT2D eigenvalue weighted by Gasteiger charge is -2.12. The summed E-state index contributed by atoms with van der Waals surface area (Å²) < 4.78 is 10.2. The Hall–Kier alpha value is -2.34. The number of aryl methyl sites for hydroxylation is 1. The van der Waals surface area contributed by atoms with E-state index in [2.05, 4.69) is 10.5 Å². The molecule has 6 nitrogen and oxygen atoms in total. The quantitative estimate of drug-likeness (QED) is 0.850. The summed E-state index contributed by atoms with van der Waals surface area (Å²) in [5, 5.41) is 16.1. The average molecular weight is 290 g/mol. The van der Waals surface area contributed by atoms with Crippen LogP contribution in [-0.4, -0.2) is 23.3 Å². The number of carboxylic acid groups (broad SMARTS) is 1. The van der Waals surface area contributed by atoms with Gasteiger partial charge in [0.15, 0.2) is 5.76 Å². The first-order chi connectivity index (χ1) is 10.0. The summed E-state index contributed by atoms with van der Waals surface area (Å²) in [6, 6.07) is 7.40. The first-order valence-corrected chi connectivity index (χ1v) is 6.58. The smallest absolute Gasteiger partial charge is 0.341 e. The standard InChI is InChI=1S/C15H18N2O4/c1-9-13(15(18)19)14(21-17-9)10(2)16-8-11-4-6-12(20-3)7-5-11/h4-7,10,16H,8H2,1-3H3,(H,18,19)/t10-/m1/s1. The van der Waals surface area contributed by atoms with Crippen LogP contribution in [0.1, 0.15) is 40.3 Å². The van der Waals surface area contributed by atoms with Gasteiger partial charge in [-0.3, -0.25) is 0 Å². The fraction of sp³-hybridized carbons (Fsp3) is 0.333. The molecule has 0 radical (unpaired) electrons. The van der Waals surface area contributed by atoms with Gasteiger partial charge < -0.3 is 19.7 Å². The molecule has 0 saturated heterocycles. The van der Waals surface area contributed by atoms with Crippen LogP contribution in [0.3, 0.4) is 0 Å². The molecule has 112 valence electrons. The van der Waals surface area contributed by atoms with Gasteiger partial charge in [0.25, 0.3) is 0 Å². The van der Waals surface area contributed by atoms with Gasteiger partial charge in [-0.2, -0.15) is 0 Å². The molecule has 1 aromatic carbocycles. The Morgan fingerprint density at radius 2 is 2.10 bits per heavy atom. The van der Waals surface area contributed by atoms with Gasteiger partial charge in [-0.05, 0) is 31.5 Å². The maximum Gasteiger partial charge on any atom is 0.341 e. The molecule has 0 aliphatic carbocycles. The minimum Gasteiger partial charge on any atom is -0.497 e. The van der Waals surface area contributed by atoms with Crippen molar-refractivity contribution in [2.45, 2.75) is 26.4 Å². The number of benzene rings is 1. The molecular formula is C15H18N2O4. The Bertz CT molecular complexity index is 619. The molecule has 2 rings (SSSR count). The van der Waals surface area contributed by atoms with E-state index in [1.54, 1.807) is 14.0 Å². The fourth-order valence-electron chi connectivity index (χ4n) is 2.05. The normalized spacial score (nSPS) is 12.1. The van der Waals surface area contributed by atoms with Gasteiger partial charge in [-0.1, -0.05) is 17.3 Å². The van der Waals surface area contributed by atoms with Crippen molar-refractivity contribution in [2.75, 3.05) is 7.11 Å². The summed E-state index contributed by atoms with van der Waals surface area (Å²) in [5.41, 5.74) is 1.58. The Kier molecular flexibility index (Phi) is 4.59. The molecule has 1 atom stereocenters. The highest BCUT2D eigenvalue weighted by atomic mass is 16.5. The van der Waals surface area contributed by atoms with Crippen molar-refractivity contribution in [2.24, 2.45) is 0 Å². The molecule has 0 aliphatic heterocycles. The van der Waals surface area contributed by atoms with E-state index < -0.39 is 5.97 Å². The van der Waals surface area contributed by atoms with Crippen LogP contribution in [-0.2, 0) is 6.54 Å². The highest BCUT2D eigenvalue weighted by Gasteiger charge is 2.23. The molecule has 0 unspecified atom stereocenters. The van der Waals surface area contributed by atoms with Gasteiger partial charge in [0.05, 0.1) is 18.8 Å². The van der Waals surface area contributed by atoms with Crippen molar-refractivity contribution in [1.29, 1.82) is 0 Å². The molecule has 0 bridgehead atoms. The lowest BCUT2D eigenvalue weighted by molar-refractivity contribution is 0.0692. The summed E-state index contributed by atoms with van der Waals surface area (Å²) in [6.07, 6.45) is 0. The van der Waals surface area contributed by atoms with E-state index in [-0.39, 0.29) is 11.6 Å². The molecule has 0 amide bonds. The minimum atomic E-state index is -1.03. The summed E-state index contributed by atoms with van der Waals surface area (Å²) in [6.45, 7) is 4.05. The zero-order chi connectivity index (χ0) is 15.4. The Morgan fingerprint density at radius 3 is 2.67 bits per heavy atom. The summed E-state index contributed by atoms with van der Waals surface area (Å²) >= 11 is 0. The first-order valence-electron chi connectivity index (χ1n) is 6.58. The van der Waals surface area contributed by atoms with E-state index in [1.807, 2.05) is 31.2 Å². The van der Waals surface area contributed by atoms with E-state index in [1.165, 1.54) is 0 Å². The largest absolute Gasteiger partial charge is 0.497 e. The SMILES string of the molecule is COc1ccc(CN[C@H](C)c2onc(C)c2C(=O)O)cc1. The average Bonchev–Trinajstić information content (AvgIpc) is 2.87. The van der Waals surface area contributed by atoms with Crippen molar-refractivity contribution in [3.63, 3.8) is 0 Å². The van der Waals surface area contributed by atoms with Gasteiger partial charge in [0.1, 0.15) is 11.3 Å². The Labute approximate surface area is 122 Å². The van der Waals surface area contributed by atoms with Gasteiger partial charge in [0, 0.05) is 6.54 Å². The second-order valence-electron chi connectivity index (χ2n) is 4.76. The highest BCUT2D eigenvalue weighted by Crippen LogP contribution is 2.21. The molecule has 21 heavy (non-hydrogen) atoms. The van der Waals surface area contributed by atoms with E-state index in [0.717, 1.165) is 11.3 Å². The van der Waals surface area contributed by atoms with Crippen molar-refractivity contribution < 1.29 is 19.2 Å². The minimum absolute atomic E-state index is 0.129. The maximum atomic E-state index is 11.2. The molecule has 0 saturated carbocycles. The van der Waals surface area contributed by atoms with Crippen LogP contribution in [0.4, 0.5) is 0 Å². The number of aromatic carboxylic acids is 1. The van der Waals surface area contributed by atoms with Crippen LogP contribution in [0.25, 0.3) is 0 Å². The number of aromatic nitrogens is 1. The molecule has 2 N–H and O–H groups in total. The fourth-order valence-corrected chi connectivity index (χ4v) is 2.05. The molecule has 0 fully saturated rings. The van der Waals surface area contributed by atoms with Gasteiger partial charge >= 0.3 is 5.97 Å². The van der Waals surface area contributed by atoms with Crippen LogP contribution in [0.2, 0.25) is 0 Å². The number of hydrogen-bond acceptors (Lipinski definition) is 5. The molecule has 6 heteroatoms. The molecule has 1 heterocycles. The van der Waals surface area contributed by atoms with Crippen molar-refractivity contribution >= 4 is 5.97 Å². The lowest BCUT2D eigenvalue weighted by atomic mass is 10.1. The van der Waals surface area contributed by atoms with Crippen molar-refractivity contribution in [3.8, 4) is 5.75 Å². The molecule has 1 aromatic heterocycles. The van der Waals surface area contributed by atoms with E-state index in [0.29, 0.717) is 18.0 Å². The zero-order valence-electron chi connectivity index (χ0n) is 12.2. The number of nitrogens with one attached hydrogen (secondary N) is 1. The second-order valence-corrected chi connectivity index (χ2v) is 4.76. The number of hydrogen-bond donors (Lipinski definition) is 2. The predicted molar refractivity (Wildman–Crippen MR) is 76.4 cm³/mol. The number of carbonyl (C=O) groups is 1. The van der Waals surface area contributed by atoms with Crippen molar-refractivity contribution in [3.05, 3.63) is 46.8 Å². The van der Waals surface area contributed by atoms with Crippen LogP contribution >= 0.6 is 0 Å². The number of methoxy groups -OCH3 is 1. The van der Waals surface area contributed by atoms with Crippen LogP contribution < -0.4 is 10.1 Å². The topological polar surface area (TPSA) is 84.6 Å². The summed E-state index contributed by atoms with van der Waals surface area (Å²) in [5.74, 6) is 0.112. The van der Waals surface area contributed by atoms with Gasteiger partial charge in [-0.15, -0.1) is 0 Å². The third kappa shape index (κ3) is 3.41. The monoisotopic (exact) mass is 290 g/mol. The van der Waals surface area contributed by atoms with E-state index in [4.69, 9.17) is 9.26 Å². The molecular weight excluding hydrogens is 272 g/mol. The predicted octanol–water partition coefficient (Wildman–Crippen LogP) is 2.54. The number of ether oxygens (including phenoxy) is 1. The molecule has 2 aromatic rings. The second kappa shape index (κ2) is 6.41. The molecule has 0 spiro atoms. The molecule has 0 aliphatic rings.